The van der Waals surface area contributed by atoms with E-state index < -0.39 is 0 Å². The third-order valence-corrected chi connectivity index (χ3v) is 5.34. The molecule has 0 unspecified atom stereocenters. The molecule has 0 spiro atoms. The van der Waals surface area contributed by atoms with Crippen molar-refractivity contribution in [3.8, 4) is 5.75 Å². The number of hydrogen-bond donors (Lipinski definition) is 1. The lowest BCUT2D eigenvalue weighted by Gasteiger charge is -2.38. The van der Waals surface area contributed by atoms with E-state index in [9.17, 15) is 0 Å². The van der Waals surface area contributed by atoms with Crippen LogP contribution >= 0.6 is 0 Å². The van der Waals surface area contributed by atoms with Gasteiger partial charge in [-0.2, -0.15) is 0 Å². The van der Waals surface area contributed by atoms with E-state index in [1.807, 2.05) is 6.07 Å². The summed E-state index contributed by atoms with van der Waals surface area (Å²) in [4.78, 5) is 3.43. The Kier molecular flexibility index (Phi) is 4.27. The normalized spacial score (nSPS) is 28.8. The van der Waals surface area contributed by atoms with Crippen molar-refractivity contribution in [2.24, 2.45) is 5.92 Å². The fourth-order valence-electron chi connectivity index (χ4n) is 4.16. The number of fused-ring (bicyclic) bond motifs is 2. The first-order valence-corrected chi connectivity index (χ1v) is 8.75. The maximum absolute atomic E-state index is 6.02. The molecular weight excluding hydrogens is 290 g/mol. The van der Waals surface area contributed by atoms with Crippen molar-refractivity contribution >= 4 is 10.9 Å². The van der Waals surface area contributed by atoms with Gasteiger partial charge in [0.25, 0.3) is 0 Å². The number of rotatable bonds is 2. The van der Waals surface area contributed by atoms with Gasteiger partial charge in [0.1, 0.15) is 5.75 Å². The SMILES string of the molecule is COc1ccc2[nH]cc([C@H]3CCCCO[C@@H]4OCCC[C@@H]43)c2c1. The van der Waals surface area contributed by atoms with Gasteiger partial charge in [-0.25, -0.2) is 0 Å². The molecule has 3 heterocycles. The van der Waals surface area contributed by atoms with E-state index in [2.05, 4.69) is 23.3 Å². The Morgan fingerprint density at radius 2 is 1.96 bits per heavy atom. The highest BCUT2D eigenvalue weighted by Gasteiger charge is 2.36. The summed E-state index contributed by atoms with van der Waals surface area (Å²) in [5.74, 6) is 1.85. The molecule has 2 aliphatic rings. The average molecular weight is 315 g/mol. The summed E-state index contributed by atoms with van der Waals surface area (Å²) in [6.45, 7) is 1.66. The fraction of sp³-hybridized carbons (Fsp3) is 0.579. The molecule has 0 aliphatic carbocycles. The van der Waals surface area contributed by atoms with Crippen LogP contribution in [0, 0.1) is 5.92 Å². The molecule has 1 N–H and O–H groups in total. The summed E-state index contributed by atoms with van der Waals surface area (Å²) in [6.07, 6.45) is 8.00. The lowest BCUT2D eigenvalue weighted by Crippen LogP contribution is -2.37. The first-order valence-electron chi connectivity index (χ1n) is 8.75. The van der Waals surface area contributed by atoms with Crippen LogP contribution < -0.4 is 4.74 Å². The highest BCUT2D eigenvalue weighted by Crippen LogP contribution is 2.42. The molecule has 4 heteroatoms. The smallest absolute Gasteiger partial charge is 0.160 e. The van der Waals surface area contributed by atoms with Crippen LogP contribution in [0.25, 0.3) is 10.9 Å². The Labute approximate surface area is 137 Å². The summed E-state index contributed by atoms with van der Waals surface area (Å²) in [5.41, 5.74) is 2.57. The van der Waals surface area contributed by atoms with E-state index in [4.69, 9.17) is 14.2 Å². The van der Waals surface area contributed by atoms with Crippen LogP contribution in [0.1, 0.15) is 43.6 Å². The monoisotopic (exact) mass is 315 g/mol. The van der Waals surface area contributed by atoms with Crippen LogP contribution in [0.3, 0.4) is 0 Å². The molecule has 0 bridgehead atoms. The van der Waals surface area contributed by atoms with Crippen molar-refractivity contribution in [3.05, 3.63) is 30.0 Å². The van der Waals surface area contributed by atoms with Crippen LogP contribution in [-0.4, -0.2) is 31.6 Å². The topological polar surface area (TPSA) is 43.5 Å². The average Bonchev–Trinajstić information content (AvgIpc) is 2.99. The molecule has 0 saturated carbocycles. The minimum atomic E-state index is -0.0374. The van der Waals surface area contributed by atoms with Crippen molar-refractivity contribution in [1.29, 1.82) is 0 Å². The van der Waals surface area contributed by atoms with Gasteiger partial charge in [0.15, 0.2) is 6.29 Å². The standard InChI is InChI=1S/C19H25NO3/c1-21-13-7-8-18-16(11-13)17(12-20-18)14-5-2-3-9-22-19-15(14)6-4-10-23-19/h7-8,11-12,14-15,19-20H,2-6,9-10H2,1H3/t14-,15+,19+/m0/s1. The van der Waals surface area contributed by atoms with Gasteiger partial charge in [0.05, 0.1) is 7.11 Å². The van der Waals surface area contributed by atoms with Crippen molar-refractivity contribution in [1.82, 2.24) is 4.98 Å². The molecular formula is C19H25NO3. The van der Waals surface area contributed by atoms with E-state index in [-0.39, 0.29) is 6.29 Å². The number of benzene rings is 1. The molecule has 2 saturated heterocycles. The zero-order chi connectivity index (χ0) is 15.6. The number of ether oxygens (including phenoxy) is 3. The number of methoxy groups -OCH3 is 1. The predicted octanol–water partition coefficient (Wildman–Crippen LogP) is 4.21. The summed E-state index contributed by atoms with van der Waals surface area (Å²) in [5, 5.41) is 1.28. The van der Waals surface area contributed by atoms with E-state index in [1.54, 1.807) is 7.11 Å². The van der Waals surface area contributed by atoms with Gasteiger partial charge in [-0.3, -0.25) is 0 Å². The van der Waals surface area contributed by atoms with Crippen LogP contribution in [0.5, 0.6) is 5.75 Å². The number of H-pyrrole nitrogens is 1. The van der Waals surface area contributed by atoms with Gasteiger partial charge in [0.2, 0.25) is 0 Å². The fourth-order valence-corrected chi connectivity index (χ4v) is 4.16. The Balaban J connectivity index is 1.73. The Morgan fingerprint density at radius 1 is 1.09 bits per heavy atom. The molecule has 3 atom stereocenters. The van der Waals surface area contributed by atoms with Crippen LogP contribution in [-0.2, 0) is 9.47 Å². The molecule has 2 fully saturated rings. The summed E-state index contributed by atoms with van der Waals surface area (Å²) < 4.78 is 17.4. The van der Waals surface area contributed by atoms with Gasteiger partial charge in [-0.1, -0.05) is 6.42 Å². The van der Waals surface area contributed by atoms with Crippen molar-refractivity contribution in [3.63, 3.8) is 0 Å². The number of nitrogens with one attached hydrogen (secondary N) is 1. The second-order valence-electron chi connectivity index (χ2n) is 6.67. The lowest BCUT2D eigenvalue weighted by molar-refractivity contribution is -0.202. The molecule has 0 amide bonds. The molecule has 1 aromatic heterocycles. The van der Waals surface area contributed by atoms with E-state index in [0.29, 0.717) is 11.8 Å². The second kappa shape index (κ2) is 6.54. The highest BCUT2D eigenvalue weighted by molar-refractivity contribution is 5.85. The lowest BCUT2D eigenvalue weighted by atomic mass is 9.78. The first kappa shape index (κ1) is 15.0. The largest absolute Gasteiger partial charge is 0.497 e. The zero-order valence-corrected chi connectivity index (χ0v) is 13.7. The minimum Gasteiger partial charge on any atom is -0.497 e. The van der Waals surface area contributed by atoms with Crippen molar-refractivity contribution < 1.29 is 14.2 Å². The Morgan fingerprint density at radius 3 is 2.83 bits per heavy atom. The Hall–Kier alpha value is -1.52. The van der Waals surface area contributed by atoms with Crippen molar-refractivity contribution in [2.75, 3.05) is 20.3 Å². The van der Waals surface area contributed by atoms with E-state index in [1.165, 1.54) is 35.7 Å². The number of hydrogen-bond acceptors (Lipinski definition) is 3. The Bertz CT molecular complexity index is 666. The molecule has 4 rings (SSSR count). The van der Waals surface area contributed by atoms with E-state index >= 15 is 0 Å². The maximum Gasteiger partial charge on any atom is 0.160 e. The van der Waals surface area contributed by atoms with Crippen LogP contribution in [0.4, 0.5) is 0 Å². The molecule has 2 aliphatic heterocycles. The van der Waals surface area contributed by atoms with Gasteiger partial charge in [0, 0.05) is 36.2 Å². The molecule has 23 heavy (non-hydrogen) atoms. The van der Waals surface area contributed by atoms with E-state index in [0.717, 1.165) is 31.8 Å². The zero-order valence-electron chi connectivity index (χ0n) is 13.7. The number of aromatic amines is 1. The summed E-state index contributed by atoms with van der Waals surface area (Å²) in [7, 11) is 1.72. The molecule has 0 radical (unpaired) electrons. The quantitative estimate of drug-likeness (QED) is 0.902. The van der Waals surface area contributed by atoms with Crippen molar-refractivity contribution in [2.45, 2.75) is 44.3 Å². The highest BCUT2D eigenvalue weighted by atomic mass is 16.7. The number of aromatic nitrogens is 1. The molecule has 124 valence electrons. The molecule has 1 aromatic carbocycles. The maximum atomic E-state index is 6.02. The minimum absolute atomic E-state index is 0.0374. The second-order valence-corrected chi connectivity index (χ2v) is 6.67. The third-order valence-electron chi connectivity index (χ3n) is 5.34. The molecule has 4 nitrogen and oxygen atoms in total. The van der Waals surface area contributed by atoms with Gasteiger partial charge >= 0.3 is 0 Å². The first-order chi connectivity index (χ1) is 11.4. The van der Waals surface area contributed by atoms with Crippen LogP contribution in [0.15, 0.2) is 24.4 Å². The molecule has 2 aromatic rings. The summed E-state index contributed by atoms with van der Waals surface area (Å²) >= 11 is 0. The third kappa shape index (κ3) is 2.86. The van der Waals surface area contributed by atoms with Gasteiger partial charge in [-0.15, -0.1) is 0 Å². The van der Waals surface area contributed by atoms with Gasteiger partial charge in [-0.05, 0) is 55.4 Å². The predicted molar refractivity (Wildman–Crippen MR) is 89.9 cm³/mol. The van der Waals surface area contributed by atoms with Gasteiger partial charge < -0.3 is 19.2 Å². The summed E-state index contributed by atoms with van der Waals surface area (Å²) in [6, 6.07) is 6.27. The van der Waals surface area contributed by atoms with Crippen LogP contribution in [0.2, 0.25) is 0 Å².